The molecular formula is C14H13NO2S. The number of rotatable bonds is 5. The monoisotopic (exact) mass is 259 g/mol. The van der Waals surface area contributed by atoms with Gasteiger partial charge >= 0.3 is 0 Å². The van der Waals surface area contributed by atoms with Crippen LogP contribution < -0.4 is 0 Å². The van der Waals surface area contributed by atoms with Crippen LogP contribution in [-0.4, -0.2) is 17.1 Å². The molecule has 0 bridgehead atoms. The average molecular weight is 259 g/mol. The van der Waals surface area contributed by atoms with Gasteiger partial charge in [-0.15, -0.1) is 11.3 Å². The quantitative estimate of drug-likeness (QED) is 0.612. The zero-order valence-electron chi connectivity index (χ0n) is 10.1. The predicted molar refractivity (Wildman–Crippen MR) is 71.3 cm³/mol. The van der Waals surface area contributed by atoms with Gasteiger partial charge in [-0.25, -0.2) is 4.98 Å². The normalized spacial score (nSPS) is 10.3. The van der Waals surface area contributed by atoms with Crippen molar-refractivity contribution in [3.05, 3.63) is 51.5 Å². The van der Waals surface area contributed by atoms with Crippen molar-refractivity contribution >= 4 is 23.4 Å². The fraction of sp³-hybridized carbons (Fsp3) is 0.214. The third-order valence-electron chi connectivity index (χ3n) is 2.65. The van der Waals surface area contributed by atoms with Crippen molar-refractivity contribution < 1.29 is 9.59 Å². The fourth-order valence-corrected chi connectivity index (χ4v) is 2.59. The fourth-order valence-electron chi connectivity index (χ4n) is 1.74. The molecule has 0 radical (unpaired) electrons. The molecule has 0 aliphatic carbocycles. The van der Waals surface area contributed by atoms with Gasteiger partial charge in [-0.1, -0.05) is 30.3 Å². The number of carbonyl (C=O) groups excluding carboxylic acids is 2. The highest BCUT2D eigenvalue weighted by Crippen LogP contribution is 2.19. The number of nitrogens with zero attached hydrogens (tertiary/aromatic N) is 1. The summed E-state index contributed by atoms with van der Waals surface area (Å²) in [5.41, 5.74) is 1.80. The van der Waals surface area contributed by atoms with Crippen LogP contribution in [0.5, 0.6) is 0 Å². The van der Waals surface area contributed by atoms with Crippen molar-refractivity contribution in [1.29, 1.82) is 0 Å². The van der Waals surface area contributed by atoms with Crippen LogP contribution in [-0.2, 0) is 6.42 Å². The van der Waals surface area contributed by atoms with Gasteiger partial charge < -0.3 is 0 Å². The highest BCUT2D eigenvalue weighted by atomic mass is 32.1. The maximum absolute atomic E-state index is 12.0. The van der Waals surface area contributed by atoms with E-state index in [9.17, 15) is 9.59 Å². The molecule has 0 aliphatic rings. The number of carbonyl (C=O) groups is 2. The Kier molecular flexibility index (Phi) is 3.99. The van der Waals surface area contributed by atoms with Crippen LogP contribution >= 0.6 is 11.3 Å². The largest absolute Gasteiger partial charge is 0.295 e. The lowest BCUT2D eigenvalue weighted by Crippen LogP contribution is -2.00. The Morgan fingerprint density at radius 1 is 1.33 bits per heavy atom. The van der Waals surface area contributed by atoms with E-state index in [4.69, 9.17) is 0 Å². The third kappa shape index (κ3) is 2.90. The molecule has 0 saturated carbocycles. The number of hydrogen-bond acceptors (Lipinski definition) is 4. The average Bonchev–Trinajstić information content (AvgIpc) is 2.78. The zero-order valence-corrected chi connectivity index (χ0v) is 10.9. The standard InChI is InChI=1S/C14H13NO2S/c1-10-14(18-13(9-16)15-10)12(17)8-7-11-5-3-2-4-6-11/h2-6,9H,7-8H2,1H3. The minimum atomic E-state index is 0.0574. The number of aromatic nitrogens is 1. The summed E-state index contributed by atoms with van der Waals surface area (Å²) < 4.78 is 0. The molecule has 0 atom stereocenters. The molecule has 18 heavy (non-hydrogen) atoms. The molecule has 0 spiro atoms. The van der Waals surface area contributed by atoms with Gasteiger partial charge in [0.1, 0.15) is 0 Å². The van der Waals surface area contributed by atoms with Crippen molar-refractivity contribution in [1.82, 2.24) is 4.98 Å². The molecule has 2 rings (SSSR count). The Hall–Kier alpha value is -1.81. The van der Waals surface area contributed by atoms with Crippen LogP contribution in [0.1, 0.15) is 37.2 Å². The minimum Gasteiger partial charge on any atom is -0.295 e. The van der Waals surface area contributed by atoms with E-state index in [0.717, 1.165) is 5.56 Å². The summed E-state index contributed by atoms with van der Waals surface area (Å²) in [6.45, 7) is 1.76. The van der Waals surface area contributed by atoms with Crippen LogP contribution in [0.3, 0.4) is 0 Å². The molecule has 1 aromatic carbocycles. The molecule has 0 N–H and O–H groups in total. The van der Waals surface area contributed by atoms with Crippen molar-refractivity contribution in [2.24, 2.45) is 0 Å². The van der Waals surface area contributed by atoms with Gasteiger partial charge in [0.15, 0.2) is 17.1 Å². The molecular weight excluding hydrogens is 246 g/mol. The van der Waals surface area contributed by atoms with Crippen LogP contribution in [0.4, 0.5) is 0 Å². The Labute approximate surface area is 109 Å². The number of aldehydes is 1. The second-order valence-electron chi connectivity index (χ2n) is 3.99. The van der Waals surface area contributed by atoms with E-state index in [-0.39, 0.29) is 5.78 Å². The molecule has 3 nitrogen and oxygen atoms in total. The van der Waals surface area contributed by atoms with Crippen molar-refractivity contribution in [2.45, 2.75) is 19.8 Å². The molecule has 0 saturated heterocycles. The van der Waals surface area contributed by atoms with E-state index < -0.39 is 0 Å². The summed E-state index contributed by atoms with van der Waals surface area (Å²) in [4.78, 5) is 27.3. The molecule has 0 fully saturated rings. The first-order valence-electron chi connectivity index (χ1n) is 5.70. The molecule has 4 heteroatoms. The van der Waals surface area contributed by atoms with Crippen molar-refractivity contribution in [3.8, 4) is 0 Å². The Morgan fingerprint density at radius 2 is 2.06 bits per heavy atom. The molecule has 2 aromatic rings. The van der Waals surface area contributed by atoms with Gasteiger partial charge in [-0.3, -0.25) is 9.59 Å². The second kappa shape index (κ2) is 5.69. The lowest BCUT2D eigenvalue weighted by Gasteiger charge is -2.00. The van der Waals surface area contributed by atoms with E-state index in [2.05, 4.69) is 4.98 Å². The lowest BCUT2D eigenvalue weighted by atomic mass is 10.1. The number of thiazole rings is 1. The highest BCUT2D eigenvalue weighted by molar-refractivity contribution is 7.15. The van der Waals surface area contributed by atoms with Crippen LogP contribution in [0.2, 0.25) is 0 Å². The smallest absolute Gasteiger partial charge is 0.178 e. The number of benzene rings is 1. The predicted octanol–water partition coefficient (Wildman–Crippen LogP) is 3.08. The van der Waals surface area contributed by atoms with Gasteiger partial charge in [-0.05, 0) is 18.9 Å². The number of aryl methyl sites for hydroxylation is 2. The summed E-state index contributed by atoms with van der Waals surface area (Å²) >= 11 is 1.17. The summed E-state index contributed by atoms with van der Waals surface area (Å²) in [7, 11) is 0. The Bertz CT molecular complexity index is 560. The van der Waals surface area contributed by atoms with Crippen LogP contribution in [0.15, 0.2) is 30.3 Å². The second-order valence-corrected chi connectivity index (χ2v) is 5.02. The first-order valence-corrected chi connectivity index (χ1v) is 6.52. The van der Waals surface area contributed by atoms with E-state index >= 15 is 0 Å². The Balaban J connectivity index is 2.03. The Morgan fingerprint density at radius 3 is 2.67 bits per heavy atom. The van der Waals surface area contributed by atoms with Gasteiger partial charge in [0.25, 0.3) is 0 Å². The molecule has 0 unspecified atom stereocenters. The van der Waals surface area contributed by atoms with E-state index in [1.807, 2.05) is 30.3 Å². The maximum atomic E-state index is 12.0. The summed E-state index contributed by atoms with van der Waals surface area (Å²) in [6.07, 6.45) is 1.85. The summed E-state index contributed by atoms with van der Waals surface area (Å²) in [5, 5.41) is 0.371. The minimum absolute atomic E-state index is 0.0574. The first-order chi connectivity index (χ1) is 8.70. The molecule has 1 aromatic heterocycles. The topological polar surface area (TPSA) is 47.0 Å². The van der Waals surface area contributed by atoms with Crippen LogP contribution in [0, 0.1) is 6.92 Å². The van der Waals surface area contributed by atoms with Gasteiger partial charge in [0, 0.05) is 6.42 Å². The maximum Gasteiger partial charge on any atom is 0.178 e. The zero-order chi connectivity index (χ0) is 13.0. The molecule has 0 aliphatic heterocycles. The van der Waals surface area contributed by atoms with Gasteiger partial charge in [0.05, 0.1) is 10.6 Å². The van der Waals surface area contributed by atoms with Crippen LogP contribution in [0.25, 0.3) is 0 Å². The number of Topliss-reactive ketones (excluding diaryl/α,β-unsaturated/α-hetero) is 1. The van der Waals surface area contributed by atoms with Gasteiger partial charge in [0.2, 0.25) is 0 Å². The van der Waals surface area contributed by atoms with E-state index in [1.54, 1.807) is 6.92 Å². The third-order valence-corrected chi connectivity index (χ3v) is 3.77. The molecule has 1 heterocycles. The molecule has 92 valence electrons. The lowest BCUT2D eigenvalue weighted by molar-refractivity contribution is 0.0985. The summed E-state index contributed by atoms with van der Waals surface area (Å²) in [6, 6.07) is 9.88. The molecule has 0 amide bonds. The summed E-state index contributed by atoms with van der Waals surface area (Å²) in [5.74, 6) is 0.0574. The number of hydrogen-bond donors (Lipinski definition) is 0. The van der Waals surface area contributed by atoms with Crippen molar-refractivity contribution in [3.63, 3.8) is 0 Å². The van der Waals surface area contributed by atoms with E-state index in [1.165, 1.54) is 11.3 Å². The number of ketones is 1. The van der Waals surface area contributed by atoms with E-state index in [0.29, 0.717) is 34.7 Å². The SMILES string of the molecule is Cc1nc(C=O)sc1C(=O)CCc1ccccc1. The first kappa shape index (κ1) is 12.6. The van der Waals surface area contributed by atoms with Crippen molar-refractivity contribution in [2.75, 3.05) is 0 Å². The van der Waals surface area contributed by atoms with Gasteiger partial charge in [-0.2, -0.15) is 0 Å². The highest BCUT2D eigenvalue weighted by Gasteiger charge is 2.14.